The molecule has 120 valence electrons. The molecule has 22 heavy (non-hydrogen) atoms. The van der Waals surface area contributed by atoms with Gasteiger partial charge >= 0.3 is 0 Å². The van der Waals surface area contributed by atoms with Gasteiger partial charge in [0.25, 0.3) is 0 Å². The fraction of sp³-hybridized carbons (Fsp3) is 0.588. The summed E-state index contributed by atoms with van der Waals surface area (Å²) in [6.07, 6.45) is 2.77. The molecule has 0 amide bonds. The molecule has 1 saturated carbocycles. The van der Waals surface area contributed by atoms with Crippen molar-refractivity contribution >= 4 is 11.1 Å². The summed E-state index contributed by atoms with van der Waals surface area (Å²) >= 11 is 0. The summed E-state index contributed by atoms with van der Waals surface area (Å²) in [5.74, 6) is 1.68. The number of methoxy groups -OCH3 is 1. The second kappa shape index (κ2) is 6.26. The van der Waals surface area contributed by atoms with Crippen molar-refractivity contribution < 1.29 is 14.3 Å². The lowest BCUT2D eigenvalue weighted by Crippen LogP contribution is -2.35. The molecule has 1 heterocycles. The van der Waals surface area contributed by atoms with Crippen molar-refractivity contribution in [1.29, 1.82) is 0 Å². The average Bonchev–Trinajstić information content (AvgIpc) is 3.10. The van der Waals surface area contributed by atoms with Crippen molar-refractivity contribution in [3.8, 4) is 5.75 Å². The van der Waals surface area contributed by atoms with Crippen LogP contribution in [0.1, 0.15) is 50.5 Å². The highest BCUT2D eigenvalue weighted by Gasteiger charge is 2.24. The Morgan fingerprint density at radius 1 is 1.41 bits per heavy atom. The summed E-state index contributed by atoms with van der Waals surface area (Å²) in [6.45, 7) is 4.81. The number of aromatic nitrogens is 1. The minimum Gasteiger partial charge on any atom is -0.493 e. The molecule has 5 nitrogen and oxygen atoms in total. The number of fused-ring (bicyclic) bond motifs is 1. The Labute approximate surface area is 130 Å². The predicted octanol–water partition coefficient (Wildman–Crippen LogP) is 2.96. The van der Waals surface area contributed by atoms with Crippen LogP contribution in [0.4, 0.5) is 0 Å². The average molecular weight is 304 g/mol. The second-order valence-electron chi connectivity index (χ2n) is 6.34. The molecule has 2 unspecified atom stereocenters. The van der Waals surface area contributed by atoms with Crippen molar-refractivity contribution in [3.05, 3.63) is 23.6 Å². The number of nitrogens with one attached hydrogen (secondary N) is 1. The van der Waals surface area contributed by atoms with Crippen LogP contribution in [0.3, 0.4) is 0 Å². The fourth-order valence-corrected chi connectivity index (χ4v) is 3.00. The van der Waals surface area contributed by atoms with E-state index in [1.807, 2.05) is 12.1 Å². The summed E-state index contributed by atoms with van der Waals surface area (Å²) in [5.41, 5.74) is 2.62. The van der Waals surface area contributed by atoms with E-state index < -0.39 is 0 Å². The predicted molar refractivity (Wildman–Crippen MR) is 85.1 cm³/mol. The molecule has 3 rings (SSSR count). The van der Waals surface area contributed by atoms with E-state index in [4.69, 9.17) is 9.15 Å². The quantitative estimate of drug-likeness (QED) is 0.889. The Kier molecular flexibility index (Phi) is 4.36. The molecule has 5 heteroatoms. The third-order valence-corrected chi connectivity index (χ3v) is 4.29. The summed E-state index contributed by atoms with van der Waals surface area (Å²) in [4.78, 5) is 4.55. The first-order valence-corrected chi connectivity index (χ1v) is 7.97. The van der Waals surface area contributed by atoms with Crippen molar-refractivity contribution in [2.75, 3.05) is 7.11 Å². The van der Waals surface area contributed by atoms with E-state index in [2.05, 4.69) is 24.1 Å². The van der Waals surface area contributed by atoms with Gasteiger partial charge in [0.2, 0.25) is 0 Å². The minimum atomic E-state index is -0.231. The Morgan fingerprint density at radius 3 is 2.86 bits per heavy atom. The van der Waals surface area contributed by atoms with Gasteiger partial charge in [-0.05, 0) is 37.0 Å². The highest BCUT2D eigenvalue weighted by atomic mass is 16.5. The number of aliphatic hydroxyl groups is 1. The molecule has 0 saturated heterocycles. The normalized spacial score (nSPS) is 21.9. The highest BCUT2D eigenvalue weighted by Crippen LogP contribution is 2.30. The van der Waals surface area contributed by atoms with Crippen LogP contribution in [0.25, 0.3) is 11.1 Å². The van der Waals surface area contributed by atoms with Crippen LogP contribution >= 0.6 is 0 Å². The van der Waals surface area contributed by atoms with Crippen molar-refractivity contribution in [3.63, 3.8) is 0 Å². The molecule has 0 radical (unpaired) electrons. The van der Waals surface area contributed by atoms with Crippen LogP contribution in [-0.4, -0.2) is 29.3 Å². The van der Waals surface area contributed by atoms with Gasteiger partial charge in [-0.3, -0.25) is 0 Å². The zero-order valence-corrected chi connectivity index (χ0v) is 13.4. The van der Waals surface area contributed by atoms with E-state index >= 15 is 0 Å². The number of nitrogens with zero attached hydrogens (tertiary/aromatic N) is 1. The smallest absolute Gasteiger partial charge is 0.198 e. The van der Waals surface area contributed by atoms with Gasteiger partial charge in [-0.15, -0.1) is 0 Å². The molecule has 0 spiro atoms. The van der Waals surface area contributed by atoms with Gasteiger partial charge in [-0.1, -0.05) is 13.8 Å². The first-order valence-electron chi connectivity index (χ1n) is 7.97. The Hall–Kier alpha value is -1.59. The molecule has 1 aromatic heterocycles. The molecule has 2 N–H and O–H groups in total. The Morgan fingerprint density at radius 2 is 2.23 bits per heavy atom. The number of aliphatic hydroxyl groups excluding tert-OH is 1. The van der Waals surface area contributed by atoms with Crippen molar-refractivity contribution in [1.82, 2.24) is 10.3 Å². The lowest BCUT2D eigenvalue weighted by atomic mass is 10.1. The summed E-state index contributed by atoms with van der Waals surface area (Å²) in [5, 5.41) is 13.3. The monoisotopic (exact) mass is 304 g/mol. The summed E-state index contributed by atoms with van der Waals surface area (Å²) in [6, 6.07) is 4.19. The minimum absolute atomic E-state index is 0.185. The van der Waals surface area contributed by atoms with Gasteiger partial charge < -0.3 is 19.6 Å². The molecule has 1 aromatic carbocycles. The van der Waals surface area contributed by atoms with Gasteiger partial charge in [-0.25, -0.2) is 4.98 Å². The summed E-state index contributed by atoms with van der Waals surface area (Å²) < 4.78 is 11.2. The number of ether oxygens (including phenoxy) is 1. The van der Waals surface area contributed by atoms with Crippen LogP contribution < -0.4 is 10.1 Å². The lowest BCUT2D eigenvalue weighted by Gasteiger charge is -2.16. The molecule has 1 fully saturated rings. The van der Waals surface area contributed by atoms with E-state index in [-0.39, 0.29) is 18.1 Å². The standard InChI is InChI=1S/C17H24N2O3/c1-10(2)17-19-13-7-11(8-15(21-3)16(13)22-17)9-18-12-5-4-6-14(12)20/h7-8,10,12,14,18,20H,4-6,9H2,1-3H3. The fourth-order valence-electron chi connectivity index (χ4n) is 3.00. The zero-order chi connectivity index (χ0) is 15.7. The lowest BCUT2D eigenvalue weighted by molar-refractivity contribution is 0.148. The third kappa shape index (κ3) is 2.96. The number of rotatable bonds is 5. The van der Waals surface area contributed by atoms with Crippen molar-refractivity contribution in [2.24, 2.45) is 0 Å². The molecule has 0 aliphatic heterocycles. The maximum Gasteiger partial charge on any atom is 0.198 e. The number of benzene rings is 1. The Balaban J connectivity index is 1.83. The van der Waals surface area contributed by atoms with Crippen LogP contribution in [0.2, 0.25) is 0 Å². The van der Waals surface area contributed by atoms with Gasteiger partial charge in [0.05, 0.1) is 13.2 Å². The molecule has 1 aliphatic rings. The first-order chi connectivity index (χ1) is 10.6. The van der Waals surface area contributed by atoms with Crippen LogP contribution in [-0.2, 0) is 6.54 Å². The van der Waals surface area contributed by atoms with E-state index in [9.17, 15) is 5.11 Å². The maximum absolute atomic E-state index is 9.89. The number of hydrogen-bond donors (Lipinski definition) is 2. The SMILES string of the molecule is COc1cc(CNC2CCCC2O)cc2nc(C(C)C)oc12. The summed E-state index contributed by atoms with van der Waals surface area (Å²) in [7, 11) is 1.64. The number of hydrogen-bond acceptors (Lipinski definition) is 5. The van der Waals surface area contributed by atoms with Gasteiger partial charge in [0, 0.05) is 18.5 Å². The largest absolute Gasteiger partial charge is 0.493 e. The van der Waals surface area contributed by atoms with E-state index in [1.54, 1.807) is 7.11 Å². The maximum atomic E-state index is 9.89. The molecular weight excluding hydrogens is 280 g/mol. The van der Waals surface area contributed by atoms with E-state index in [0.717, 1.165) is 36.2 Å². The molecule has 0 bridgehead atoms. The third-order valence-electron chi connectivity index (χ3n) is 4.29. The van der Waals surface area contributed by atoms with Crippen LogP contribution in [0.15, 0.2) is 16.5 Å². The molecule has 1 aliphatic carbocycles. The number of oxazole rings is 1. The van der Waals surface area contributed by atoms with Crippen LogP contribution in [0, 0.1) is 0 Å². The molecular formula is C17H24N2O3. The van der Waals surface area contributed by atoms with Gasteiger partial charge in [0.1, 0.15) is 5.52 Å². The highest BCUT2D eigenvalue weighted by molar-refractivity contribution is 5.80. The van der Waals surface area contributed by atoms with Gasteiger partial charge in [-0.2, -0.15) is 0 Å². The molecule has 2 atom stereocenters. The topological polar surface area (TPSA) is 67.5 Å². The zero-order valence-electron chi connectivity index (χ0n) is 13.4. The van der Waals surface area contributed by atoms with Crippen molar-refractivity contribution in [2.45, 2.75) is 57.7 Å². The van der Waals surface area contributed by atoms with Gasteiger partial charge in [0.15, 0.2) is 17.2 Å². The van der Waals surface area contributed by atoms with E-state index in [1.165, 1.54) is 0 Å². The van der Waals surface area contributed by atoms with Crippen LogP contribution in [0.5, 0.6) is 5.75 Å². The first kappa shape index (κ1) is 15.3. The van der Waals surface area contributed by atoms with E-state index in [0.29, 0.717) is 17.9 Å². The second-order valence-corrected chi connectivity index (χ2v) is 6.34. The Bertz CT molecular complexity index is 651. The molecule has 2 aromatic rings.